The topological polar surface area (TPSA) is 68.2 Å². The van der Waals surface area contributed by atoms with Crippen molar-refractivity contribution in [3.8, 4) is 5.88 Å². The minimum absolute atomic E-state index is 0.0382. The van der Waals surface area contributed by atoms with E-state index in [0.29, 0.717) is 18.0 Å². The number of methoxy groups -OCH3 is 1. The smallest absolute Gasteiger partial charge is 0.259 e. The molecule has 1 saturated heterocycles. The summed E-state index contributed by atoms with van der Waals surface area (Å²) in [5, 5.41) is 0. The van der Waals surface area contributed by atoms with E-state index in [4.69, 9.17) is 4.74 Å². The van der Waals surface area contributed by atoms with E-state index in [9.17, 15) is 4.79 Å². The molecule has 0 radical (unpaired) electrons. The number of aromatic nitrogens is 3. The molecule has 0 unspecified atom stereocenters. The number of pyridine rings is 1. The summed E-state index contributed by atoms with van der Waals surface area (Å²) in [6, 6.07) is 5.42. The van der Waals surface area contributed by atoms with E-state index in [-0.39, 0.29) is 11.8 Å². The molecule has 0 bridgehead atoms. The van der Waals surface area contributed by atoms with Gasteiger partial charge in [0.05, 0.1) is 7.11 Å². The van der Waals surface area contributed by atoms with Gasteiger partial charge in [0.25, 0.3) is 5.91 Å². The summed E-state index contributed by atoms with van der Waals surface area (Å²) in [5.74, 6) is 0.587. The minimum Gasteiger partial charge on any atom is -0.480 e. The SMILES string of the molecule is COc1ncccc1C(=O)N1CCC[C@@H](c2ccncn2)C1. The summed E-state index contributed by atoms with van der Waals surface area (Å²) >= 11 is 0. The molecular formula is C16H18N4O2. The summed E-state index contributed by atoms with van der Waals surface area (Å²) in [6.07, 6.45) is 6.91. The molecule has 0 saturated carbocycles. The number of carbonyl (C=O) groups is 1. The zero-order valence-electron chi connectivity index (χ0n) is 12.5. The van der Waals surface area contributed by atoms with Crippen LogP contribution in [-0.4, -0.2) is 46.0 Å². The van der Waals surface area contributed by atoms with Crippen LogP contribution in [-0.2, 0) is 0 Å². The van der Waals surface area contributed by atoms with Crippen LogP contribution >= 0.6 is 0 Å². The minimum atomic E-state index is -0.0382. The van der Waals surface area contributed by atoms with Crippen molar-refractivity contribution in [3.63, 3.8) is 0 Å². The van der Waals surface area contributed by atoms with Gasteiger partial charge >= 0.3 is 0 Å². The first-order chi connectivity index (χ1) is 10.8. The Kier molecular flexibility index (Phi) is 4.27. The number of nitrogens with zero attached hydrogens (tertiary/aromatic N) is 4. The van der Waals surface area contributed by atoms with Crippen molar-refractivity contribution >= 4 is 5.91 Å². The number of carbonyl (C=O) groups excluding carboxylic acids is 1. The molecule has 0 spiro atoms. The van der Waals surface area contributed by atoms with Gasteiger partial charge in [-0.05, 0) is 31.0 Å². The molecule has 1 amide bonds. The van der Waals surface area contributed by atoms with Crippen LogP contribution in [0.25, 0.3) is 0 Å². The number of ether oxygens (including phenoxy) is 1. The Morgan fingerprint density at radius 1 is 1.32 bits per heavy atom. The standard InChI is InChI=1S/C16H18N4O2/c1-22-15-13(5-2-7-18-15)16(21)20-9-3-4-12(10-20)14-6-8-17-11-19-14/h2,5-8,11-12H,3-4,9-10H2,1H3/t12-/m1/s1. The Hall–Kier alpha value is -2.50. The third-order valence-corrected chi connectivity index (χ3v) is 3.93. The van der Waals surface area contributed by atoms with E-state index in [1.54, 1.807) is 30.9 Å². The van der Waals surface area contributed by atoms with E-state index in [2.05, 4.69) is 15.0 Å². The fourth-order valence-electron chi connectivity index (χ4n) is 2.83. The second-order valence-corrected chi connectivity index (χ2v) is 5.28. The first-order valence-corrected chi connectivity index (χ1v) is 7.34. The molecular weight excluding hydrogens is 280 g/mol. The zero-order chi connectivity index (χ0) is 15.4. The number of piperidine rings is 1. The maximum atomic E-state index is 12.7. The zero-order valence-corrected chi connectivity index (χ0v) is 12.5. The van der Waals surface area contributed by atoms with Gasteiger partial charge in [0.2, 0.25) is 5.88 Å². The molecule has 2 aromatic rings. The normalized spacial score (nSPS) is 18.0. The number of likely N-dealkylation sites (tertiary alicyclic amines) is 1. The van der Waals surface area contributed by atoms with E-state index < -0.39 is 0 Å². The van der Waals surface area contributed by atoms with Crippen molar-refractivity contribution < 1.29 is 9.53 Å². The summed E-state index contributed by atoms with van der Waals surface area (Å²) < 4.78 is 5.19. The van der Waals surface area contributed by atoms with E-state index >= 15 is 0 Å². The molecule has 1 aliphatic rings. The van der Waals surface area contributed by atoms with Crippen LogP contribution in [0.1, 0.15) is 34.8 Å². The van der Waals surface area contributed by atoms with Gasteiger partial charge in [0.15, 0.2) is 0 Å². The summed E-state index contributed by atoms with van der Waals surface area (Å²) in [6.45, 7) is 1.41. The second kappa shape index (κ2) is 6.51. The van der Waals surface area contributed by atoms with E-state index in [1.165, 1.54) is 7.11 Å². The molecule has 0 aliphatic carbocycles. The average molecular weight is 298 g/mol. The molecule has 1 atom stereocenters. The second-order valence-electron chi connectivity index (χ2n) is 5.28. The third-order valence-electron chi connectivity index (χ3n) is 3.93. The number of hydrogen-bond donors (Lipinski definition) is 0. The largest absolute Gasteiger partial charge is 0.480 e. The van der Waals surface area contributed by atoms with Crippen LogP contribution in [0, 0.1) is 0 Å². The molecule has 22 heavy (non-hydrogen) atoms. The van der Waals surface area contributed by atoms with Gasteiger partial charge in [-0.3, -0.25) is 4.79 Å². The lowest BCUT2D eigenvalue weighted by Crippen LogP contribution is -2.39. The van der Waals surface area contributed by atoms with Crippen LogP contribution < -0.4 is 4.74 Å². The maximum Gasteiger partial charge on any atom is 0.259 e. The molecule has 6 nitrogen and oxygen atoms in total. The Morgan fingerprint density at radius 3 is 3.00 bits per heavy atom. The van der Waals surface area contributed by atoms with Gasteiger partial charge in [-0.15, -0.1) is 0 Å². The molecule has 3 rings (SSSR count). The Morgan fingerprint density at radius 2 is 2.23 bits per heavy atom. The van der Waals surface area contributed by atoms with Gasteiger partial charge in [-0.1, -0.05) is 0 Å². The highest BCUT2D eigenvalue weighted by atomic mass is 16.5. The predicted molar refractivity (Wildman–Crippen MR) is 80.7 cm³/mol. The van der Waals surface area contributed by atoms with Crippen molar-refractivity contribution in [1.29, 1.82) is 0 Å². The van der Waals surface area contributed by atoms with Crippen molar-refractivity contribution in [2.45, 2.75) is 18.8 Å². The number of amides is 1. The molecule has 2 aromatic heterocycles. The molecule has 1 fully saturated rings. The van der Waals surface area contributed by atoms with Gasteiger partial charge in [-0.2, -0.15) is 0 Å². The van der Waals surface area contributed by atoms with E-state index in [1.807, 2.05) is 11.0 Å². The van der Waals surface area contributed by atoms with Crippen LogP contribution in [0.5, 0.6) is 5.88 Å². The van der Waals surface area contributed by atoms with E-state index in [0.717, 1.165) is 25.1 Å². The highest BCUT2D eigenvalue weighted by Crippen LogP contribution is 2.27. The summed E-state index contributed by atoms with van der Waals surface area (Å²) in [7, 11) is 1.53. The maximum absolute atomic E-state index is 12.7. The van der Waals surface area contributed by atoms with Crippen molar-refractivity contribution in [2.24, 2.45) is 0 Å². The first-order valence-electron chi connectivity index (χ1n) is 7.34. The Balaban J connectivity index is 1.78. The number of hydrogen-bond acceptors (Lipinski definition) is 5. The van der Waals surface area contributed by atoms with Crippen LogP contribution in [0.2, 0.25) is 0 Å². The average Bonchev–Trinajstić information content (AvgIpc) is 2.62. The van der Waals surface area contributed by atoms with Gasteiger partial charge in [0, 0.05) is 37.1 Å². The van der Waals surface area contributed by atoms with Crippen LogP contribution in [0.4, 0.5) is 0 Å². The monoisotopic (exact) mass is 298 g/mol. The fourth-order valence-corrected chi connectivity index (χ4v) is 2.83. The van der Waals surface area contributed by atoms with Gasteiger partial charge in [-0.25, -0.2) is 15.0 Å². The first kappa shape index (κ1) is 14.4. The lowest BCUT2D eigenvalue weighted by molar-refractivity contribution is 0.0701. The van der Waals surface area contributed by atoms with Crippen LogP contribution in [0.15, 0.2) is 36.9 Å². The summed E-state index contributed by atoms with van der Waals surface area (Å²) in [4.78, 5) is 27.0. The highest BCUT2D eigenvalue weighted by molar-refractivity contribution is 5.96. The molecule has 6 heteroatoms. The highest BCUT2D eigenvalue weighted by Gasteiger charge is 2.27. The Labute approximate surface area is 129 Å². The fraction of sp³-hybridized carbons (Fsp3) is 0.375. The van der Waals surface area contributed by atoms with Crippen molar-refractivity contribution in [2.75, 3.05) is 20.2 Å². The lowest BCUT2D eigenvalue weighted by atomic mass is 9.94. The van der Waals surface area contributed by atoms with Gasteiger partial charge < -0.3 is 9.64 Å². The molecule has 0 N–H and O–H groups in total. The van der Waals surface area contributed by atoms with Crippen molar-refractivity contribution in [1.82, 2.24) is 19.9 Å². The quantitative estimate of drug-likeness (QED) is 0.865. The molecule has 114 valence electrons. The molecule has 1 aliphatic heterocycles. The molecule has 3 heterocycles. The summed E-state index contributed by atoms with van der Waals surface area (Å²) in [5.41, 5.74) is 1.50. The van der Waals surface area contributed by atoms with Gasteiger partial charge in [0.1, 0.15) is 11.9 Å². The van der Waals surface area contributed by atoms with Crippen LogP contribution in [0.3, 0.4) is 0 Å². The predicted octanol–water partition coefficient (Wildman–Crippen LogP) is 1.90. The Bertz CT molecular complexity index is 648. The third kappa shape index (κ3) is 2.90. The van der Waals surface area contributed by atoms with Crippen molar-refractivity contribution in [3.05, 3.63) is 48.2 Å². The number of rotatable bonds is 3. The molecule has 0 aromatic carbocycles. The lowest BCUT2D eigenvalue weighted by Gasteiger charge is -2.32.